The van der Waals surface area contributed by atoms with Gasteiger partial charge in [-0.2, -0.15) is 5.26 Å². The molecule has 1 aromatic rings. The Kier molecular flexibility index (Phi) is 4.77. The van der Waals surface area contributed by atoms with Crippen molar-refractivity contribution in [2.75, 3.05) is 39.4 Å². The fraction of sp³-hybridized carbons (Fsp3) is 0.611. The van der Waals surface area contributed by atoms with E-state index >= 15 is 0 Å². The molecule has 2 atom stereocenters. The summed E-state index contributed by atoms with van der Waals surface area (Å²) >= 11 is 1.59. The van der Waals surface area contributed by atoms with Crippen molar-refractivity contribution in [1.82, 2.24) is 9.21 Å². The maximum atomic E-state index is 13.6. The summed E-state index contributed by atoms with van der Waals surface area (Å²) in [6.07, 6.45) is 2.33. The van der Waals surface area contributed by atoms with Crippen LogP contribution in [0, 0.1) is 29.0 Å². The average molecular weight is 347 g/mol. The van der Waals surface area contributed by atoms with Gasteiger partial charge in [-0.05, 0) is 54.8 Å². The van der Waals surface area contributed by atoms with Crippen LogP contribution in [0.4, 0.5) is 4.39 Å². The molecule has 3 aliphatic rings. The second-order valence-electron chi connectivity index (χ2n) is 7.04. The zero-order chi connectivity index (χ0) is 16.5. The van der Waals surface area contributed by atoms with E-state index < -0.39 is 0 Å². The Morgan fingerprint density at radius 2 is 1.79 bits per heavy atom. The van der Waals surface area contributed by atoms with Gasteiger partial charge in [0.15, 0.2) is 0 Å². The molecule has 3 aliphatic heterocycles. The lowest BCUT2D eigenvalue weighted by Gasteiger charge is -2.32. The Morgan fingerprint density at radius 3 is 2.46 bits per heavy atom. The minimum absolute atomic E-state index is 0.332. The van der Waals surface area contributed by atoms with Crippen molar-refractivity contribution in [1.29, 1.82) is 5.26 Å². The van der Waals surface area contributed by atoms with E-state index in [2.05, 4.69) is 9.21 Å². The summed E-state index contributed by atoms with van der Waals surface area (Å²) in [7, 11) is 0. The van der Waals surface area contributed by atoms with E-state index in [-0.39, 0.29) is 5.82 Å². The molecule has 6 heteroatoms. The fourth-order valence-electron chi connectivity index (χ4n) is 4.24. The second-order valence-corrected chi connectivity index (χ2v) is 8.21. The van der Waals surface area contributed by atoms with Gasteiger partial charge in [-0.25, -0.2) is 8.70 Å². The Labute approximate surface area is 146 Å². The molecule has 0 bridgehead atoms. The first-order chi connectivity index (χ1) is 11.7. The first kappa shape index (κ1) is 16.3. The number of fused-ring (bicyclic) bond motifs is 1. The summed E-state index contributed by atoms with van der Waals surface area (Å²) in [5.41, 5.74) is 0.391. The van der Waals surface area contributed by atoms with Gasteiger partial charge >= 0.3 is 0 Å². The van der Waals surface area contributed by atoms with Gasteiger partial charge in [0, 0.05) is 50.3 Å². The number of hydrogen-bond acceptors (Lipinski definition) is 5. The van der Waals surface area contributed by atoms with Crippen LogP contribution >= 0.6 is 11.9 Å². The third kappa shape index (κ3) is 3.45. The third-order valence-electron chi connectivity index (χ3n) is 5.42. The monoisotopic (exact) mass is 347 g/mol. The summed E-state index contributed by atoms with van der Waals surface area (Å²) in [5.74, 6) is 1.09. The zero-order valence-electron chi connectivity index (χ0n) is 13.7. The Hall–Kier alpha value is -1.13. The van der Waals surface area contributed by atoms with Gasteiger partial charge in [-0.1, -0.05) is 0 Å². The summed E-state index contributed by atoms with van der Waals surface area (Å²) in [5, 5.41) is 8.98. The maximum absolute atomic E-state index is 13.6. The van der Waals surface area contributed by atoms with Gasteiger partial charge in [0.25, 0.3) is 0 Å². The van der Waals surface area contributed by atoms with Crippen molar-refractivity contribution < 1.29 is 9.13 Å². The molecule has 0 amide bonds. The number of nitriles is 1. The first-order valence-electron chi connectivity index (χ1n) is 8.66. The number of hydrogen-bond donors (Lipinski definition) is 0. The van der Waals surface area contributed by atoms with E-state index in [1.807, 2.05) is 6.07 Å². The third-order valence-corrected chi connectivity index (χ3v) is 6.43. The van der Waals surface area contributed by atoms with E-state index in [0.29, 0.717) is 23.4 Å². The lowest BCUT2D eigenvalue weighted by molar-refractivity contribution is 0.0394. The molecule has 0 N–H and O–H groups in total. The quantitative estimate of drug-likeness (QED) is 0.786. The Balaban J connectivity index is 1.34. The van der Waals surface area contributed by atoms with Crippen molar-refractivity contribution in [3.05, 3.63) is 29.6 Å². The minimum atomic E-state index is -0.332. The standard InChI is InChI=1S/C18H22FN3OS/c19-16-5-13(8-20)6-18(7-16)24-22-11-14-9-21(10-15(14)12-22)17-1-3-23-4-2-17/h5-7,14-15,17H,1-4,9-12H2. The van der Waals surface area contributed by atoms with E-state index in [1.165, 1.54) is 25.2 Å². The molecular weight excluding hydrogens is 325 g/mol. The highest BCUT2D eigenvalue weighted by molar-refractivity contribution is 7.97. The molecular formula is C18H22FN3OS. The van der Waals surface area contributed by atoms with Crippen LogP contribution in [0.25, 0.3) is 0 Å². The van der Waals surface area contributed by atoms with Crippen LogP contribution in [-0.4, -0.2) is 54.6 Å². The molecule has 0 aromatic heterocycles. The molecule has 3 saturated heterocycles. The highest BCUT2D eigenvalue weighted by Crippen LogP contribution is 2.38. The Morgan fingerprint density at radius 1 is 1.08 bits per heavy atom. The lowest BCUT2D eigenvalue weighted by atomic mass is 10.0. The van der Waals surface area contributed by atoms with Crippen LogP contribution in [0.3, 0.4) is 0 Å². The smallest absolute Gasteiger partial charge is 0.125 e. The molecule has 128 valence electrons. The molecule has 1 aromatic carbocycles. The van der Waals surface area contributed by atoms with Crippen LogP contribution in [0.5, 0.6) is 0 Å². The molecule has 0 saturated carbocycles. The van der Waals surface area contributed by atoms with Crippen LogP contribution in [0.2, 0.25) is 0 Å². The molecule has 24 heavy (non-hydrogen) atoms. The van der Waals surface area contributed by atoms with Crippen molar-refractivity contribution in [2.24, 2.45) is 11.8 Å². The van der Waals surface area contributed by atoms with Crippen LogP contribution in [0.15, 0.2) is 23.1 Å². The van der Waals surface area contributed by atoms with E-state index in [0.717, 1.165) is 44.0 Å². The van der Waals surface area contributed by atoms with Crippen molar-refractivity contribution in [3.8, 4) is 6.07 Å². The summed E-state index contributed by atoms with van der Waals surface area (Å²) < 4.78 is 21.4. The van der Waals surface area contributed by atoms with E-state index in [4.69, 9.17) is 10.00 Å². The lowest BCUT2D eigenvalue weighted by Crippen LogP contribution is -2.39. The normalized spacial score (nSPS) is 28.8. The molecule has 0 spiro atoms. The number of likely N-dealkylation sites (tertiary alicyclic amines) is 1. The summed E-state index contributed by atoms with van der Waals surface area (Å²) in [4.78, 5) is 3.49. The Bertz CT molecular complexity index is 630. The van der Waals surface area contributed by atoms with Gasteiger partial charge in [0.1, 0.15) is 5.82 Å². The number of ether oxygens (including phenoxy) is 1. The molecule has 2 unspecified atom stereocenters. The van der Waals surface area contributed by atoms with Gasteiger partial charge in [-0.15, -0.1) is 0 Å². The molecule has 3 fully saturated rings. The predicted molar refractivity (Wildman–Crippen MR) is 90.9 cm³/mol. The zero-order valence-corrected chi connectivity index (χ0v) is 14.5. The number of halogens is 1. The topological polar surface area (TPSA) is 39.5 Å². The molecule has 0 radical (unpaired) electrons. The first-order valence-corrected chi connectivity index (χ1v) is 9.44. The summed E-state index contributed by atoms with van der Waals surface area (Å²) in [6.45, 7) is 6.26. The van der Waals surface area contributed by atoms with Gasteiger partial charge in [0.05, 0.1) is 11.6 Å². The predicted octanol–water partition coefficient (Wildman–Crippen LogP) is 2.75. The molecule has 3 heterocycles. The van der Waals surface area contributed by atoms with Crippen LogP contribution in [0.1, 0.15) is 18.4 Å². The van der Waals surface area contributed by atoms with Gasteiger partial charge in [0.2, 0.25) is 0 Å². The average Bonchev–Trinajstić information content (AvgIpc) is 3.13. The SMILES string of the molecule is N#Cc1cc(F)cc(SN2CC3CN(C4CCOCC4)CC3C2)c1. The number of benzene rings is 1. The highest BCUT2D eigenvalue weighted by Gasteiger charge is 2.42. The van der Waals surface area contributed by atoms with E-state index in [1.54, 1.807) is 18.0 Å². The second kappa shape index (κ2) is 7.01. The summed E-state index contributed by atoms with van der Waals surface area (Å²) in [6, 6.07) is 7.31. The van der Waals surface area contributed by atoms with E-state index in [9.17, 15) is 4.39 Å². The molecule has 4 rings (SSSR count). The number of rotatable bonds is 3. The van der Waals surface area contributed by atoms with Crippen molar-refractivity contribution in [3.63, 3.8) is 0 Å². The maximum Gasteiger partial charge on any atom is 0.125 e. The van der Waals surface area contributed by atoms with Crippen LogP contribution in [-0.2, 0) is 4.74 Å². The van der Waals surface area contributed by atoms with Crippen LogP contribution < -0.4 is 0 Å². The molecule has 4 nitrogen and oxygen atoms in total. The van der Waals surface area contributed by atoms with Crippen molar-refractivity contribution >= 4 is 11.9 Å². The fourth-order valence-corrected chi connectivity index (χ4v) is 5.41. The largest absolute Gasteiger partial charge is 0.381 e. The van der Waals surface area contributed by atoms with Gasteiger partial charge in [-0.3, -0.25) is 4.90 Å². The minimum Gasteiger partial charge on any atom is -0.381 e. The molecule has 0 aliphatic carbocycles. The number of nitrogens with zero attached hydrogens (tertiary/aromatic N) is 3. The van der Waals surface area contributed by atoms with Gasteiger partial charge < -0.3 is 4.74 Å². The highest BCUT2D eigenvalue weighted by atomic mass is 32.2. The van der Waals surface area contributed by atoms with Crippen molar-refractivity contribution in [2.45, 2.75) is 23.8 Å².